The van der Waals surface area contributed by atoms with Gasteiger partial charge < -0.3 is 29.5 Å². The number of aryl methyl sites for hydroxylation is 1. The van der Waals surface area contributed by atoms with E-state index < -0.39 is 29.1 Å². The molecular weight excluding hydrogens is 558 g/mol. The third-order valence-electron chi connectivity index (χ3n) is 9.36. The van der Waals surface area contributed by atoms with Gasteiger partial charge in [-0.3, -0.25) is 9.59 Å². The first kappa shape index (κ1) is 28.2. The van der Waals surface area contributed by atoms with Crippen molar-refractivity contribution in [2.75, 3.05) is 5.32 Å². The van der Waals surface area contributed by atoms with E-state index in [1.807, 2.05) is 71.9 Å². The standard InChI is InChI=1S/C34H37N5O5/c1-7-33(5,6)31(41)36-23-15-19-12-13-24-21(14-19)34(20-10-8-9-11-22(20)37-32(34)43-24)27-26(29-35-18(4)16-42-29)39-30(44-27)25(17(2)3)38-28(23)40/h8-14,16-17,23,25,32,37H,7,15H2,1-6H3,(H,36,41)(H,38,40)/t23-,25-,32-,34?/m0/s1. The van der Waals surface area contributed by atoms with E-state index in [0.29, 0.717) is 47.5 Å². The Morgan fingerprint density at radius 1 is 1.14 bits per heavy atom. The highest BCUT2D eigenvalue weighted by Crippen LogP contribution is 2.59. The molecule has 3 aliphatic heterocycles. The SMILES string of the molecule is CCC(C)(C)C(=O)N[C@H]1Cc2ccc3c(c2)C2(c4ccccc4N[C@H]2O3)c2oc(nc2-c2nc(C)co2)[C@H](C(C)C)NC1=O. The second kappa shape index (κ2) is 9.97. The van der Waals surface area contributed by atoms with Gasteiger partial charge in [0.05, 0.1) is 5.69 Å². The zero-order valence-corrected chi connectivity index (χ0v) is 25.8. The topological polar surface area (TPSA) is 132 Å². The van der Waals surface area contributed by atoms with Crippen LogP contribution in [0, 0.1) is 18.3 Å². The second-order valence-corrected chi connectivity index (χ2v) is 13.0. The normalized spacial score (nSPS) is 23.5. The molecule has 4 aromatic rings. The Labute approximate surface area is 256 Å². The van der Waals surface area contributed by atoms with Gasteiger partial charge in [0.2, 0.25) is 23.6 Å². The lowest BCUT2D eigenvalue weighted by molar-refractivity contribution is -0.134. The van der Waals surface area contributed by atoms with E-state index in [0.717, 1.165) is 22.4 Å². The Balaban J connectivity index is 1.49. The van der Waals surface area contributed by atoms with Crippen molar-refractivity contribution in [2.45, 2.75) is 78.1 Å². The quantitative estimate of drug-likeness (QED) is 0.279. The number of rotatable bonds is 5. The third kappa shape index (κ3) is 4.14. The minimum Gasteiger partial charge on any atom is -0.469 e. The van der Waals surface area contributed by atoms with Crippen molar-refractivity contribution in [3.05, 3.63) is 82.8 Å². The number of carbonyl (C=O) groups excluding carboxylic acids is 2. The summed E-state index contributed by atoms with van der Waals surface area (Å²) in [7, 11) is 0. The van der Waals surface area contributed by atoms with Gasteiger partial charge in [-0.25, -0.2) is 9.97 Å². The van der Waals surface area contributed by atoms with Crippen molar-refractivity contribution in [3.63, 3.8) is 0 Å². The average molecular weight is 596 g/mol. The van der Waals surface area contributed by atoms with E-state index in [9.17, 15) is 9.59 Å². The van der Waals surface area contributed by atoms with Crippen LogP contribution in [0.4, 0.5) is 5.69 Å². The number of nitrogens with one attached hydrogen (secondary N) is 3. The molecule has 5 heterocycles. The first-order valence-corrected chi connectivity index (χ1v) is 15.2. The molecule has 0 aliphatic carbocycles. The number of hydrogen-bond acceptors (Lipinski definition) is 8. The van der Waals surface area contributed by atoms with Crippen LogP contribution in [0.2, 0.25) is 0 Å². The van der Waals surface area contributed by atoms with Gasteiger partial charge in [-0.2, -0.15) is 0 Å². The summed E-state index contributed by atoms with van der Waals surface area (Å²) in [5.41, 5.74) is 3.25. The van der Waals surface area contributed by atoms with Gasteiger partial charge in [0.1, 0.15) is 29.5 Å². The molecule has 0 saturated carbocycles. The lowest BCUT2D eigenvalue weighted by Crippen LogP contribution is -2.52. The van der Waals surface area contributed by atoms with Crippen LogP contribution in [-0.4, -0.2) is 34.1 Å². The predicted octanol–water partition coefficient (Wildman–Crippen LogP) is 5.41. The predicted molar refractivity (Wildman–Crippen MR) is 163 cm³/mol. The van der Waals surface area contributed by atoms with Gasteiger partial charge in [-0.05, 0) is 42.5 Å². The monoisotopic (exact) mass is 595 g/mol. The number of ether oxygens (including phenoxy) is 1. The highest BCUT2D eigenvalue weighted by atomic mass is 16.5. The third-order valence-corrected chi connectivity index (χ3v) is 9.36. The Kier molecular flexibility index (Phi) is 6.39. The highest BCUT2D eigenvalue weighted by Gasteiger charge is 2.61. The fraction of sp³-hybridized carbons (Fsp3) is 0.412. The summed E-state index contributed by atoms with van der Waals surface area (Å²) in [4.78, 5) is 37.0. The first-order chi connectivity index (χ1) is 21.0. The molecule has 2 aromatic carbocycles. The zero-order valence-electron chi connectivity index (χ0n) is 25.8. The molecule has 44 heavy (non-hydrogen) atoms. The van der Waals surface area contributed by atoms with Gasteiger partial charge >= 0.3 is 0 Å². The largest absolute Gasteiger partial charge is 0.469 e. The summed E-state index contributed by atoms with van der Waals surface area (Å²) in [6.45, 7) is 11.6. The molecule has 0 saturated heterocycles. The maximum atomic E-state index is 14.0. The van der Waals surface area contributed by atoms with Crippen LogP contribution in [0.3, 0.4) is 0 Å². The molecule has 4 atom stereocenters. The molecule has 0 fully saturated rings. The number of carbonyl (C=O) groups is 2. The number of nitrogens with zero attached hydrogens (tertiary/aromatic N) is 2. The van der Waals surface area contributed by atoms with Crippen molar-refractivity contribution in [1.82, 2.24) is 20.6 Å². The summed E-state index contributed by atoms with van der Waals surface area (Å²) in [5, 5.41) is 9.78. The van der Waals surface area contributed by atoms with E-state index >= 15 is 0 Å². The maximum Gasteiger partial charge on any atom is 0.249 e. The summed E-state index contributed by atoms with van der Waals surface area (Å²) in [5.74, 6) is 1.30. The van der Waals surface area contributed by atoms with E-state index in [1.165, 1.54) is 0 Å². The zero-order chi connectivity index (χ0) is 31.0. The van der Waals surface area contributed by atoms with Crippen molar-refractivity contribution in [1.29, 1.82) is 0 Å². The minimum atomic E-state index is -0.932. The van der Waals surface area contributed by atoms with Gasteiger partial charge in [0.15, 0.2) is 17.7 Å². The number of hydrogen-bond donors (Lipinski definition) is 3. The van der Waals surface area contributed by atoms with Crippen LogP contribution < -0.4 is 20.7 Å². The van der Waals surface area contributed by atoms with Crippen LogP contribution in [0.1, 0.15) is 81.1 Å². The van der Waals surface area contributed by atoms with E-state index in [2.05, 4.69) is 33.1 Å². The van der Waals surface area contributed by atoms with E-state index in [4.69, 9.17) is 18.6 Å². The molecule has 10 heteroatoms. The van der Waals surface area contributed by atoms with Crippen molar-refractivity contribution < 1.29 is 23.2 Å². The average Bonchev–Trinajstić information content (AvgIpc) is 3.75. The summed E-state index contributed by atoms with van der Waals surface area (Å²) in [6.07, 6.45) is 1.98. The van der Waals surface area contributed by atoms with Gasteiger partial charge in [0.25, 0.3) is 0 Å². The number of amides is 2. The fourth-order valence-electron chi connectivity index (χ4n) is 6.42. The number of fused-ring (bicyclic) bond motifs is 4. The van der Waals surface area contributed by atoms with Gasteiger partial charge in [-0.1, -0.05) is 65.0 Å². The van der Waals surface area contributed by atoms with Crippen LogP contribution in [0.5, 0.6) is 5.75 Å². The molecular formula is C34H37N5O5. The molecule has 2 amide bonds. The molecule has 10 nitrogen and oxygen atoms in total. The number of para-hydroxylation sites is 1. The van der Waals surface area contributed by atoms with Crippen molar-refractivity contribution in [2.24, 2.45) is 11.3 Å². The maximum absolute atomic E-state index is 14.0. The lowest BCUT2D eigenvalue weighted by atomic mass is 9.72. The molecule has 7 rings (SSSR count). The Morgan fingerprint density at radius 2 is 1.93 bits per heavy atom. The van der Waals surface area contributed by atoms with Crippen LogP contribution >= 0.6 is 0 Å². The van der Waals surface area contributed by atoms with Gasteiger partial charge in [0, 0.05) is 23.1 Å². The Morgan fingerprint density at radius 3 is 2.66 bits per heavy atom. The van der Waals surface area contributed by atoms with Crippen molar-refractivity contribution >= 4 is 17.5 Å². The molecule has 228 valence electrons. The molecule has 2 aromatic heterocycles. The van der Waals surface area contributed by atoms with Crippen molar-refractivity contribution in [3.8, 4) is 17.3 Å². The summed E-state index contributed by atoms with van der Waals surface area (Å²) < 4.78 is 19.3. The highest BCUT2D eigenvalue weighted by molar-refractivity contribution is 5.90. The number of aromatic nitrogens is 2. The Hall–Kier alpha value is -4.60. The number of anilines is 1. The van der Waals surface area contributed by atoms with E-state index in [1.54, 1.807) is 6.26 Å². The molecule has 3 N–H and O–H groups in total. The molecule has 1 unspecified atom stereocenters. The first-order valence-electron chi connectivity index (χ1n) is 15.2. The molecule has 4 bridgehead atoms. The van der Waals surface area contributed by atoms with Crippen LogP contribution in [-0.2, 0) is 21.4 Å². The Bertz CT molecular complexity index is 1790. The molecule has 3 aliphatic rings. The molecule has 0 radical (unpaired) electrons. The number of benzene rings is 2. The van der Waals surface area contributed by atoms with Gasteiger partial charge in [-0.15, -0.1) is 0 Å². The lowest BCUT2D eigenvalue weighted by Gasteiger charge is -2.30. The summed E-state index contributed by atoms with van der Waals surface area (Å²) >= 11 is 0. The van der Waals surface area contributed by atoms with Crippen LogP contribution in [0.15, 0.2) is 57.6 Å². The van der Waals surface area contributed by atoms with Crippen LogP contribution in [0.25, 0.3) is 11.6 Å². The number of oxazole rings is 2. The summed E-state index contributed by atoms with van der Waals surface area (Å²) in [6, 6.07) is 12.6. The molecule has 1 spiro atoms. The fourth-order valence-corrected chi connectivity index (χ4v) is 6.42. The van der Waals surface area contributed by atoms with E-state index in [-0.39, 0.29) is 17.7 Å². The second-order valence-electron chi connectivity index (χ2n) is 13.0. The minimum absolute atomic E-state index is 0.0912. The smallest absolute Gasteiger partial charge is 0.249 e.